The molecule has 134 valence electrons. The minimum Gasteiger partial charge on any atom is -0.497 e. The molecular weight excluding hydrogens is 328 g/mol. The van der Waals surface area contributed by atoms with E-state index in [0.717, 1.165) is 13.0 Å². The van der Waals surface area contributed by atoms with Gasteiger partial charge in [0.2, 0.25) is 0 Å². The summed E-state index contributed by atoms with van der Waals surface area (Å²) in [4.78, 5) is 22.3. The van der Waals surface area contributed by atoms with Crippen molar-refractivity contribution in [2.24, 2.45) is 5.73 Å². The zero-order valence-electron chi connectivity index (χ0n) is 14.7. The molecule has 0 saturated carbocycles. The standard InChI is InChI=1S/C20H22N4O2/c1-26-14-6-7-17-16(10-14)20(25)23-19(22-17)12-24-11-13(8-9-21)15-4-2-3-5-18(15)24/h2-7,10,13H,8-9,11-12,21H2,1H3,(H,22,23,25). The summed E-state index contributed by atoms with van der Waals surface area (Å²) in [5.41, 5.74) is 8.84. The molecule has 0 bridgehead atoms. The molecule has 1 aliphatic rings. The van der Waals surface area contributed by atoms with Gasteiger partial charge >= 0.3 is 0 Å². The van der Waals surface area contributed by atoms with E-state index in [1.54, 1.807) is 13.2 Å². The van der Waals surface area contributed by atoms with Crippen LogP contribution in [0.15, 0.2) is 47.3 Å². The fourth-order valence-corrected chi connectivity index (χ4v) is 3.73. The molecule has 1 atom stereocenters. The van der Waals surface area contributed by atoms with Crippen molar-refractivity contribution in [3.8, 4) is 5.75 Å². The lowest BCUT2D eigenvalue weighted by Gasteiger charge is -2.19. The van der Waals surface area contributed by atoms with Gasteiger partial charge in [-0.05, 0) is 42.8 Å². The first-order chi connectivity index (χ1) is 12.7. The van der Waals surface area contributed by atoms with E-state index in [4.69, 9.17) is 10.5 Å². The number of fused-ring (bicyclic) bond motifs is 2. The minimum absolute atomic E-state index is 0.144. The molecule has 1 aliphatic heterocycles. The van der Waals surface area contributed by atoms with E-state index in [-0.39, 0.29) is 5.56 Å². The van der Waals surface area contributed by atoms with Crippen LogP contribution in [0, 0.1) is 0 Å². The highest BCUT2D eigenvalue weighted by Gasteiger charge is 2.28. The number of aromatic amines is 1. The molecule has 2 aromatic carbocycles. The van der Waals surface area contributed by atoms with Gasteiger partial charge in [-0.15, -0.1) is 0 Å². The van der Waals surface area contributed by atoms with Crippen molar-refractivity contribution in [2.75, 3.05) is 25.1 Å². The normalized spacial score (nSPS) is 16.1. The number of H-pyrrole nitrogens is 1. The van der Waals surface area contributed by atoms with Crippen molar-refractivity contribution in [1.82, 2.24) is 9.97 Å². The number of anilines is 1. The number of benzene rings is 2. The molecule has 0 fully saturated rings. The van der Waals surface area contributed by atoms with E-state index < -0.39 is 0 Å². The van der Waals surface area contributed by atoms with Crippen LogP contribution in [0.3, 0.4) is 0 Å². The lowest BCUT2D eigenvalue weighted by molar-refractivity contribution is 0.415. The van der Waals surface area contributed by atoms with Crippen molar-refractivity contribution >= 4 is 16.6 Å². The Labute approximate surface area is 151 Å². The topological polar surface area (TPSA) is 84.2 Å². The van der Waals surface area contributed by atoms with Gasteiger partial charge in [-0.2, -0.15) is 0 Å². The van der Waals surface area contributed by atoms with Crippen LogP contribution in [0.2, 0.25) is 0 Å². The van der Waals surface area contributed by atoms with Gasteiger partial charge in [-0.1, -0.05) is 18.2 Å². The van der Waals surface area contributed by atoms with Gasteiger partial charge in [-0.25, -0.2) is 4.98 Å². The summed E-state index contributed by atoms with van der Waals surface area (Å²) in [6.45, 7) is 2.12. The predicted octanol–water partition coefficient (Wildman–Crippen LogP) is 2.38. The molecule has 26 heavy (non-hydrogen) atoms. The van der Waals surface area contributed by atoms with Gasteiger partial charge in [0.1, 0.15) is 11.6 Å². The second kappa shape index (κ2) is 6.80. The van der Waals surface area contributed by atoms with Crippen molar-refractivity contribution < 1.29 is 4.74 Å². The Hall–Kier alpha value is -2.86. The number of nitrogens with zero attached hydrogens (tertiary/aromatic N) is 2. The van der Waals surface area contributed by atoms with Crippen LogP contribution in [0.4, 0.5) is 5.69 Å². The average Bonchev–Trinajstić information content (AvgIpc) is 3.00. The number of hydrogen-bond acceptors (Lipinski definition) is 5. The highest BCUT2D eigenvalue weighted by Crippen LogP contribution is 2.38. The van der Waals surface area contributed by atoms with Gasteiger partial charge in [0, 0.05) is 18.2 Å². The third-order valence-electron chi connectivity index (χ3n) is 4.98. The Bertz CT molecular complexity index is 999. The summed E-state index contributed by atoms with van der Waals surface area (Å²) in [7, 11) is 1.58. The van der Waals surface area contributed by atoms with E-state index in [1.165, 1.54) is 11.3 Å². The summed E-state index contributed by atoms with van der Waals surface area (Å²) in [5.74, 6) is 1.74. The third kappa shape index (κ3) is 2.93. The van der Waals surface area contributed by atoms with Gasteiger partial charge in [-0.3, -0.25) is 4.79 Å². The van der Waals surface area contributed by atoms with Crippen molar-refractivity contribution in [3.63, 3.8) is 0 Å². The highest BCUT2D eigenvalue weighted by atomic mass is 16.5. The number of para-hydroxylation sites is 1. The number of nitrogens with one attached hydrogen (secondary N) is 1. The first kappa shape index (κ1) is 16.6. The molecule has 6 heteroatoms. The first-order valence-corrected chi connectivity index (χ1v) is 8.80. The molecule has 0 radical (unpaired) electrons. The number of hydrogen-bond donors (Lipinski definition) is 2. The Morgan fingerprint density at radius 3 is 2.96 bits per heavy atom. The lowest BCUT2D eigenvalue weighted by atomic mass is 9.98. The number of nitrogens with two attached hydrogens (primary N) is 1. The molecule has 0 amide bonds. The fraction of sp³-hybridized carbons (Fsp3) is 0.300. The molecule has 1 aromatic heterocycles. The highest BCUT2D eigenvalue weighted by molar-refractivity contribution is 5.79. The van der Waals surface area contributed by atoms with Crippen LogP contribution in [0.25, 0.3) is 10.9 Å². The maximum atomic E-state index is 12.5. The molecular formula is C20H22N4O2. The Morgan fingerprint density at radius 2 is 2.15 bits per heavy atom. The average molecular weight is 350 g/mol. The first-order valence-electron chi connectivity index (χ1n) is 8.80. The molecule has 2 heterocycles. The van der Waals surface area contributed by atoms with E-state index in [9.17, 15) is 4.79 Å². The minimum atomic E-state index is -0.144. The summed E-state index contributed by atoms with van der Waals surface area (Å²) in [6, 6.07) is 13.7. The quantitative estimate of drug-likeness (QED) is 0.738. The summed E-state index contributed by atoms with van der Waals surface area (Å²) < 4.78 is 5.19. The number of rotatable bonds is 5. The van der Waals surface area contributed by atoms with Gasteiger partial charge in [0.15, 0.2) is 0 Å². The second-order valence-electron chi connectivity index (χ2n) is 6.61. The maximum absolute atomic E-state index is 12.5. The monoisotopic (exact) mass is 350 g/mol. The largest absolute Gasteiger partial charge is 0.497 e. The van der Waals surface area contributed by atoms with Crippen molar-refractivity contribution in [1.29, 1.82) is 0 Å². The summed E-state index contributed by atoms with van der Waals surface area (Å²) in [5, 5.41) is 0.538. The molecule has 0 saturated heterocycles. The Morgan fingerprint density at radius 1 is 1.31 bits per heavy atom. The molecule has 0 spiro atoms. The van der Waals surface area contributed by atoms with Crippen LogP contribution in [-0.4, -0.2) is 30.2 Å². The third-order valence-corrected chi connectivity index (χ3v) is 4.98. The fourth-order valence-electron chi connectivity index (χ4n) is 3.73. The van der Waals surface area contributed by atoms with E-state index in [1.807, 2.05) is 18.2 Å². The zero-order chi connectivity index (χ0) is 18.1. The van der Waals surface area contributed by atoms with E-state index in [2.05, 4.69) is 33.1 Å². The van der Waals surface area contributed by atoms with Gasteiger partial charge in [0.05, 0.1) is 24.6 Å². The van der Waals surface area contributed by atoms with Gasteiger partial charge in [0.25, 0.3) is 5.56 Å². The molecule has 3 aromatic rings. The summed E-state index contributed by atoms with van der Waals surface area (Å²) >= 11 is 0. The number of methoxy groups -OCH3 is 1. The smallest absolute Gasteiger partial charge is 0.258 e. The lowest BCUT2D eigenvalue weighted by Crippen LogP contribution is -2.25. The van der Waals surface area contributed by atoms with Crippen LogP contribution < -0.4 is 20.9 Å². The predicted molar refractivity (Wildman–Crippen MR) is 103 cm³/mol. The van der Waals surface area contributed by atoms with Crippen LogP contribution in [0.5, 0.6) is 5.75 Å². The van der Waals surface area contributed by atoms with E-state index >= 15 is 0 Å². The van der Waals surface area contributed by atoms with Crippen LogP contribution >= 0.6 is 0 Å². The van der Waals surface area contributed by atoms with E-state index in [0.29, 0.717) is 41.5 Å². The molecule has 3 N–H and O–H groups in total. The van der Waals surface area contributed by atoms with Gasteiger partial charge < -0.3 is 20.4 Å². The maximum Gasteiger partial charge on any atom is 0.258 e. The summed E-state index contributed by atoms with van der Waals surface area (Å²) in [6.07, 6.45) is 0.953. The SMILES string of the molecule is COc1ccc2nc(CN3CC(CCN)c4ccccc43)[nH]c(=O)c2c1. The zero-order valence-corrected chi connectivity index (χ0v) is 14.7. The molecule has 6 nitrogen and oxygen atoms in total. The molecule has 0 aliphatic carbocycles. The number of ether oxygens (including phenoxy) is 1. The Balaban J connectivity index is 1.66. The second-order valence-corrected chi connectivity index (χ2v) is 6.61. The Kier molecular flexibility index (Phi) is 4.34. The number of aromatic nitrogens is 2. The van der Waals surface area contributed by atoms with Crippen molar-refractivity contribution in [3.05, 3.63) is 64.2 Å². The molecule has 1 unspecified atom stereocenters. The molecule has 4 rings (SSSR count). The van der Waals surface area contributed by atoms with Crippen LogP contribution in [-0.2, 0) is 6.54 Å². The van der Waals surface area contributed by atoms with Crippen LogP contribution in [0.1, 0.15) is 23.7 Å². The van der Waals surface area contributed by atoms with Crippen molar-refractivity contribution in [2.45, 2.75) is 18.9 Å².